The Bertz CT molecular complexity index is 336. The molecule has 0 aliphatic carbocycles. The van der Waals surface area contributed by atoms with Gasteiger partial charge in [0.25, 0.3) is 0 Å². The van der Waals surface area contributed by atoms with Gasteiger partial charge >= 0.3 is 0 Å². The van der Waals surface area contributed by atoms with Crippen LogP contribution in [0.4, 0.5) is 10.1 Å². The van der Waals surface area contributed by atoms with Gasteiger partial charge in [-0.1, -0.05) is 6.92 Å². The topological polar surface area (TPSA) is 38.4 Å². The third-order valence-corrected chi connectivity index (χ3v) is 2.18. The van der Waals surface area contributed by atoms with Gasteiger partial charge in [-0.05, 0) is 28.1 Å². The van der Waals surface area contributed by atoms with E-state index in [1.165, 1.54) is 6.07 Å². The Kier molecular flexibility index (Phi) is 3.42. The van der Waals surface area contributed by atoms with E-state index in [2.05, 4.69) is 20.9 Å². The average Bonchev–Trinajstić information content (AvgIpc) is 2.11. The summed E-state index contributed by atoms with van der Waals surface area (Å²) >= 11 is 3.06. The second-order valence-corrected chi connectivity index (χ2v) is 3.41. The van der Waals surface area contributed by atoms with E-state index in [1.807, 2.05) is 6.92 Å². The Balaban J connectivity index is 2.98. The summed E-state index contributed by atoms with van der Waals surface area (Å²) in [4.78, 5) is 4.01. The zero-order valence-corrected chi connectivity index (χ0v) is 8.81. The standard InChI is InChI=1S/C9H10BrFN2/c1-2-9(12)13-6-3-4-7(10)8(11)5-6/h3-5H,2H2,1H3,(H2,12,13). The van der Waals surface area contributed by atoms with Crippen molar-refractivity contribution < 1.29 is 4.39 Å². The van der Waals surface area contributed by atoms with Gasteiger partial charge < -0.3 is 5.73 Å². The third-order valence-electron chi connectivity index (χ3n) is 1.54. The summed E-state index contributed by atoms with van der Waals surface area (Å²) in [5.74, 6) is 0.173. The Hall–Kier alpha value is -0.900. The molecule has 4 heteroatoms. The van der Waals surface area contributed by atoms with Crippen LogP contribution < -0.4 is 5.73 Å². The fraction of sp³-hybridized carbons (Fsp3) is 0.222. The average molecular weight is 245 g/mol. The molecule has 1 aromatic rings. The number of amidine groups is 1. The molecule has 2 nitrogen and oxygen atoms in total. The zero-order chi connectivity index (χ0) is 9.84. The summed E-state index contributed by atoms with van der Waals surface area (Å²) in [5, 5.41) is 0. The summed E-state index contributed by atoms with van der Waals surface area (Å²) in [7, 11) is 0. The molecule has 1 aromatic carbocycles. The summed E-state index contributed by atoms with van der Waals surface area (Å²) in [6.45, 7) is 1.90. The van der Waals surface area contributed by atoms with Gasteiger partial charge in [0, 0.05) is 12.5 Å². The van der Waals surface area contributed by atoms with Crippen molar-refractivity contribution in [3.8, 4) is 0 Å². The van der Waals surface area contributed by atoms with Gasteiger partial charge in [-0.3, -0.25) is 0 Å². The molecule has 0 saturated carbocycles. The number of nitrogens with zero attached hydrogens (tertiary/aromatic N) is 1. The lowest BCUT2D eigenvalue weighted by atomic mass is 10.3. The van der Waals surface area contributed by atoms with E-state index in [0.29, 0.717) is 22.4 Å². The number of hydrogen-bond acceptors (Lipinski definition) is 1. The minimum atomic E-state index is -0.329. The fourth-order valence-corrected chi connectivity index (χ4v) is 1.05. The molecular formula is C9H10BrFN2. The van der Waals surface area contributed by atoms with Gasteiger partial charge in [0.1, 0.15) is 5.82 Å². The SMILES string of the molecule is CCC(N)=Nc1ccc(Br)c(F)c1. The molecule has 70 valence electrons. The number of hydrogen-bond donors (Lipinski definition) is 1. The highest BCUT2D eigenvalue weighted by Crippen LogP contribution is 2.21. The predicted molar refractivity (Wildman–Crippen MR) is 55.7 cm³/mol. The first kappa shape index (κ1) is 10.2. The summed E-state index contributed by atoms with van der Waals surface area (Å²) in [6.07, 6.45) is 0.664. The lowest BCUT2D eigenvalue weighted by Gasteiger charge is -1.98. The zero-order valence-electron chi connectivity index (χ0n) is 7.22. The van der Waals surface area contributed by atoms with Crippen molar-refractivity contribution >= 4 is 27.5 Å². The summed E-state index contributed by atoms with van der Waals surface area (Å²) < 4.78 is 13.4. The first-order chi connectivity index (χ1) is 6.13. The second kappa shape index (κ2) is 4.37. The van der Waals surface area contributed by atoms with E-state index in [9.17, 15) is 4.39 Å². The van der Waals surface area contributed by atoms with Crippen molar-refractivity contribution in [2.45, 2.75) is 13.3 Å². The van der Waals surface area contributed by atoms with Crippen LogP contribution in [0.15, 0.2) is 27.7 Å². The van der Waals surface area contributed by atoms with Crippen molar-refractivity contribution in [3.05, 3.63) is 28.5 Å². The minimum Gasteiger partial charge on any atom is -0.387 e. The first-order valence-electron chi connectivity index (χ1n) is 3.91. The van der Waals surface area contributed by atoms with Crippen LogP contribution in [0, 0.1) is 5.82 Å². The quantitative estimate of drug-likeness (QED) is 0.631. The van der Waals surface area contributed by atoms with E-state index in [4.69, 9.17) is 5.73 Å². The fourth-order valence-electron chi connectivity index (χ4n) is 0.799. The molecule has 2 N–H and O–H groups in total. The Morgan fingerprint density at radius 1 is 1.62 bits per heavy atom. The first-order valence-corrected chi connectivity index (χ1v) is 4.71. The van der Waals surface area contributed by atoms with Crippen molar-refractivity contribution in [2.24, 2.45) is 10.7 Å². The van der Waals surface area contributed by atoms with Gasteiger partial charge in [-0.15, -0.1) is 0 Å². The van der Waals surface area contributed by atoms with E-state index >= 15 is 0 Å². The van der Waals surface area contributed by atoms with E-state index in [1.54, 1.807) is 12.1 Å². The molecule has 0 saturated heterocycles. The third kappa shape index (κ3) is 2.81. The summed E-state index contributed by atoms with van der Waals surface area (Å²) in [6, 6.07) is 4.65. The predicted octanol–water partition coefficient (Wildman–Crippen LogP) is 2.99. The van der Waals surface area contributed by atoms with E-state index in [0.717, 1.165) is 0 Å². The highest BCUT2D eigenvalue weighted by atomic mass is 79.9. The normalized spacial score (nSPS) is 11.8. The van der Waals surface area contributed by atoms with E-state index in [-0.39, 0.29) is 5.82 Å². The maximum absolute atomic E-state index is 13.0. The Morgan fingerprint density at radius 3 is 2.85 bits per heavy atom. The maximum Gasteiger partial charge on any atom is 0.139 e. The molecule has 0 aliphatic rings. The molecule has 0 unspecified atom stereocenters. The molecule has 0 bridgehead atoms. The Labute approximate surface area is 84.8 Å². The van der Waals surface area contributed by atoms with Gasteiger partial charge in [0.05, 0.1) is 16.0 Å². The number of benzene rings is 1. The molecule has 13 heavy (non-hydrogen) atoms. The highest BCUT2D eigenvalue weighted by Gasteiger charge is 1.99. The van der Waals surface area contributed by atoms with Crippen LogP contribution in [0.2, 0.25) is 0 Å². The number of rotatable bonds is 2. The molecule has 0 aliphatic heterocycles. The van der Waals surface area contributed by atoms with Gasteiger partial charge in [-0.2, -0.15) is 0 Å². The van der Waals surface area contributed by atoms with Crippen LogP contribution in [0.5, 0.6) is 0 Å². The molecule has 0 heterocycles. The highest BCUT2D eigenvalue weighted by molar-refractivity contribution is 9.10. The van der Waals surface area contributed by atoms with Crippen molar-refractivity contribution in [1.82, 2.24) is 0 Å². The number of nitrogens with two attached hydrogens (primary N) is 1. The lowest BCUT2D eigenvalue weighted by Crippen LogP contribution is -2.08. The minimum absolute atomic E-state index is 0.329. The smallest absolute Gasteiger partial charge is 0.139 e. The molecular weight excluding hydrogens is 235 g/mol. The second-order valence-electron chi connectivity index (χ2n) is 2.56. The van der Waals surface area contributed by atoms with E-state index < -0.39 is 0 Å². The largest absolute Gasteiger partial charge is 0.387 e. The monoisotopic (exact) mass is 244 g/mol. The lowest BCUT2D eigenvalue weighted by molar-refractivity contribution is 0.621. The maximum atomic E-state index is 13.0. The van der Waals surface area contributed by atoms with Crippen LogP contribution in [-0.4, -0.2) is 5.84 Å². The molecule has 0 spiro atoms. The molecule has 0 radical (unpaired) electrons. The van der Waals surface area contributed by atoms with Gasteiger partial charge in [0.15, 0.2) is 0 Å². The summed E-state index contributed by atoms with van der Waals surface area (Å²) in [5.41, 5.74) is 6.05. The van der Waals surface area contributed by atoms with Crippen molar-refractivity contribution in [3.63, 3.8) is 0 Å². The molecule has 0 fully saturated rings. The van der Waals surface area contributed by atoms with Gasteiger partial charge in [-0.25, -0.2) is 9.38 Å². The van der Waals surface area contributed by atoms with Gasteiger partial charge in [0.2, 0.25) is 0 Å². The van der Waals surface area contributed by atoms with Crippen molar-refractivity contribution in [1.29, 1.82) is 0 Å². The molecule has 0 aromatic heterocycles. The molecule has 0 amide bonds. The van der Waals surface area contributed by atoms with Crippen LogP contribution >= 0.6 is 15.9 Å². The number of halogens is 2. The Morgan fingerprint density at radius 2 is 2.31 bits per heavy atom. The molecule has 1 rings (SSSR count). The number of aliphatic imine (C=N–C) groups is 1. The van der Waals surface area contributed by atoms with Crippen LogP contribution in [0.25, 0.3) is 0 Å². The van der Waals surface area contributed by atoms with Crippen LogP contribution in [-0.2, 0) is 0 Å². The van der Waals surface area contributed by atoms with Crippen LogP contribution in [0.3, 0.4) is 0 Å². The van der Waals surface area contributed by atoms with Crippen LogP contribution in [0.1, 0.15) is 13.3 Å². The van der Waals surface area contributed by atoms with Crippen molar-refractivity contribution in [2.75, 3.05) is 0 Å². The molecule has 0 atom stereocenters.